The Hall–Kier alpha value is -3.05. The van der Waals surface area contributed by atoms with Crippen LogP contribution in [-0.2, 0) is 11.3 Å². The fourth-order valence-electron chi connectivity index (χ4n) is 3.24. The highest BCUT2D eigenvalue weighted by Gasteiger charge is 2.25. The van der Waals surface area contributed by atoms with Gasteiger partial charge in [-0.1, -0.05) is 42.5 Å². The number of aliphatic imine (C=N–C) groups is 1. The largest absolute Gasteiger partial charge is 0.340 e. The van der Waals surface area contributed by atoms with E-state index in [1.807, 2.05) is 54.6 Å². The van der Waals surface area contributed by atoms with Crippen LogP contribution >= 0.6 is 11.8 Å². The Bertz CT molecular complexity index is 1090. The predicted molar refractivity (Wildman–Crippen MR) is 114 cm³/mol. The lowest BCUT2D eigenvalue weighted by atomic mass is 10.1. The number of nitrogens with zero attached hydrogens (tertiary/aromatic N) is 2. The molecule has 2 heterocycles. The van der Waals surface area contributed by atoms with Gasteiger partial charge in [0.25, 0.3) is 5.91 Å². The van der Waals surface area contributed by atoms with E-state index < -0.39 is 0 Å². The summed E-state index contributed by atoms with van der Waals surface area (Å²) in [5.74, 6) is -0.116. The summed E-state index contributed by atoms with van der Waals surface area (Å²) in [4.78, 5) is 17.6. The van der Waals surface area contributed by atoms with E-state index in [4.69, 9.17) is 0 Å². The number of fused-ring (bicyclic) bond motifs is 1. The highest BCUT2D eigenvalue weighted by molar-refractivity contribution is 8.18. The molecule has 134 valence electrons. The Kier molecular flexibility index (Phi) is 4.69. The van der Waals surface area contributed by atoms with Crippen LogP contribution in [0.5, 0.6) is 0 Å². The van der Waals surface area contributed by atoms with Crippen molar-refractivity contribution in [1.82, 2.24) is 9.88 Å². The van der Waals surface area contributed by atoms with Crippen molar-refractivity contribution in [3.63, 3.8) is 0 Å². The van der Waals surface area contributed by atoms with Gasteiger partial charge < -0.3 is 9.88 Å². The number of allylic oxidation sites excluding steroid dienone is 1. The minimum Gasteiger partial charge on any atom is -0.340 e. The summed E-state index contributed by atoms with van der Waals surface area (Å²) in [6.45, 7) is 6.67. The first-order valence-electron chi connectivity index (χ1n) is 8.70. The standard InChI is InChI=1S/C22H19N3OS/c1-3-13-25-15(2)18(17-11-7-8-12-19(17)25)14-20-21(26)24-22(27-20)23-16-9-5-4-6-10-16/h3-12,14H,1,13H2,2H3,(H,23,24,26). The van der Waals surface area contributed by atoms with Crippen molar-refractivity contribution in [3.05, 3.63) is 83.4 Å². The summed E-state index contributed by atoms with van der Waals surface area (Å²) in [6, 6.07) is 17.8. The summed E-state index contributed by atoms with van der Waals surface area (Å²) in [7, 11) is 0. The van der Waals surface area contributed by atoms with Crippen LogP contribution in [0.2, 0.25) is 0 Å². The van der Waals surface area contributed by atoms with Gasteiger partial charge in [-0.3, -0.25) is 4.79 Å². The van der Waals surface area contributed by atoms with E-state index in [-0.39, 0.29) is 5.91 Å². The molecule has 3 aromatic rings. The molecule has 1 fully saturated rings. The Morgan fingerprint density at radius 1 is 1.15 bits per heavy atom. The van der Waals surface area contributed by atoms with Crippen LogP contribution in [0.4, 0.5) is 5.69 Å². The summed E-state index contributed by atoms with van der Waals surface area (Å²) >= 11 is 1.37. The SMILES string of the molecule is C=CCn1c(C)c(C=C2SC(=Nc3ccccc3)NC2=O)c2ccccc21. The lowest BCUT2D eigenvalue weighted by Crippen LogP contribution is -2.19. The number of carbonyl (C=O) groups excluding carboxylic acids is 1. The zero-order valence-corrected chi connectivity index (χ0v) is 15.8. The average molecular weight is 373 g/mol. The number of benzene rings is 2. The van der Waals surface area contributed by atoms with Gasteiger partial charge in [0.2, 0.25) is 0 Å². The molecule has 5 heteroatoms. The first kappa shape index (κ1) is 17.4. The third-order valence-electron chi connectivity index (χ3n) is 4.50. The highest BCUT2D eigenvalue weighted by Crippen LogP contribution is 2.33. The summed E-state index contributed by atoms with van der Waals surface area (Å²) in [5.41, 5.74) is 4.14. The molecule has 1 saturated heterocycles. The van der Waals surface area contributed by atoms with Crippen molar-refractivity contribution >= 4 is 45.5 Å². The maximum Gasteiger partial charge on any atom is 0.264 e. The number of aromatic nitrogens is 1. The molecule has 1 N–H and O–H groups in total. The number of thioether (sulfide) groups is 1. The van der Waals surface area contributed by atoms with Gasteiger partial charge in [-0.2, -0.15) is 0 Å². The van der Waals surface area contributed by atoms with Crippen molar-refractivity contribution in [2.75, 3.05) is 0 Å². The highest BCUT2D eigenvalue weighted by atomic mass is 32.2. The Labute approximate surface area is 162 Å². The monoisotopic (exact) mass is 373 g/mol. The number of nitrogens with one attached hydrogen (secondary N) is 1. The smallest absolute Gasteiger partial charge is 0.264 e. The van der Waals surface area contributed by atoms with Crippen LogP contribution in [0.3, 0.4) is 0 Å². The van der Waals surface area contributed by atoms with Crippen LogP contribution in [0.25, 0.3) is 17.0 Å². The third kappa shape index (κ3) is 3.34. The normalized spacial score (nSPS) is 17.0. The zero-order valence-electron chi connectivity index (χ0n) is 15.0. The van der Waals surface area contributed by atoms with E-state index in [9.17, 15) is 4.79 Å². The van der Waals surface area contributed by atoms with Crippen molar-refractivity contribution in [2.45, 2.75) is 13.5 Å². The number of hydrogen-bond acceptors (Lipinski definition) is 3. The molecule has 0 atom stereocenters. The molecule has 1 aliphatic heterocycles. The van der Waals surface area contributed by atoms with Crippen LogP contribution in [0.15, 0.2) is 77.1 Å². The van der Waals surface area contributed by atoms with E-state index in [2.05, 4.69) is 40.5 Å². The van der Waals surface area contributed by atoms with Gasteiger partial charge in [-0.05, 0) is 43.0 Å². The average Bonchev–Trinajstić information content (AvgIpc) is 3.15. The Balaban J connectivity index is 1.74. The molecule has 27 heavy (non-hydrogen) atoms. The molecule has 4 rings (SSSR count). The van der Waals surface area contributed by atoms with Gasteiger partial charge >= 0.3 is 0 Å². The van der Waals surface area contributed by atoms with Gasteiger partial charge in [0.15, 0.2) is 5.17 Å². The molecule has 0 unspecified atom stereocenters. The maximum absolute atomic E-state index is 12.5. The second-order valence-electron chi connectivity index (χ2n) is 6.23. The predicted octanol–water partition coefficient (Wildman–Crippen LogP) is 5.03. The van der Waals surface area contributed by atoms with Crippen LogP contribution in [0.1, 0.15) is 11.3 Å². The molecule has 1 aromatic heterocycles. The van der Waals surface area contributed by atoms with Crippen molar-refractivity contribution in [1.29, 1.82) is 0 Å². The molecule has 1 amide bonds. The molecule has 0 aliphatic carbocycles. The quantitative estimate of drug-likeness (QED) is 0.515. The zero-order chi connectivity index (χ0) is 18.8. The number of amides is 1. The second-order valence-corrected chi connectivity index (χ2v) is 7.26. The molecule has 0 bridgehead atoms. The Morgan fingerprint density at radius 3 is 2.67 bits per heavy atom. The second kappa shape index (κ2) is 7.29. The van der Waals surface area contributed by atoms with Gasteiger partial charge in [-0.15, -0.1) is 6.58 Å². The van der Waals surface area contributed by atoms with Crippen molar-refractivity contribution < 1.29 is 4.79 Å². The molecule has 1 aliphatic rings. The molecule has 2 aromatic carbocycles. The molecule has 0 saturated carbocycles. The van der Waals surface area contributed by atoms with E-state index in [1.54, 1.807) is 0 Å². The van der Waals surface area contributed by atoms with Crippen LogP contribution in [0, 0.1) is 6.92 Å². The number of amidine groups is 1. The minimum absolute atomic E-state index is 0.116. The minimum atomic E-state index is -0.116. The molecule has 0 spiro atoms. The van der Waals surface area contributed by atoms with E-state index in [1.165, 1.54) is 11.8 Å². The summed E-state index contributed by atoms with van der Waals surface area (Å²) < 4.78 is 2.21. The van der Waals surface area contributed by atoms with Gasteiger partial charge in [0.1, 0.15) is 0 Å². The van der Waals surface area contributed by atoms with Gasteiger partial charge in [0, 0.05) is 28.7 Å². The van der Waals surface area contributed by atoms with E-state index in [0.717, 1.165) is 34.4 Å². The van der Waals surface area contributed by atoms with E-state index >= 15 is 0 Å². The first-order chi connectivity index (χ1) is 13.2. The van der Waals surface area contributed by atoms with Crippen molar-refractivity contribution in [3.8, 4) is 0 Å². The van der Waals surface area contributed by atoms with Gasteiger partial charge in [0.05, 0.1) is 10.6 Å². The lowest BCUT2D eigenvalue weighted by molar-refractivity contribution is -0.115. The van der Waals surface area contributed by atoms with Crippen LogP contribution < -0.4 is 5.32 Å². The number of carbonyl (C=O) groups is 1. The Morgan fingerprint density at radius 2 is 1.89 bits per heavy atom. The number of para-hydroxylation sites is 2. The third-order valence-corrected chi connectivity index (χ3v) is 5.41. The molecular weight excluding hydrogens is 354 g/mol. The first-order valence-corrected chi connectivity index (χ1v) is 9.52. The fraction of sp³-hybridized carbons (Fsp3) is 0.0909. The lowest BCUT2D eigenvalue weighted by Gasteiger charge is -2.04. The van der Waals surface area contributed by atoms with E-state index in [0.29, 0.717) is 10.1 Å². The summed E-state index contributed by atoms with van der Waals surface area (Å²) in [5, 5.41) is 4.59. The number of rotatable bonds is 4. The maximum atomic E-state index is 12.5. The van der Waals surface area contributed by atoms with Gasteiger partial charge in [-0.25, -0.2) is 4.99 Å². The molecule has 0 radical (unpaired) electrons. The van der Waals surface area contributed by atoms with Crippen LogP contribution in [-0.4, -0.2) is 15.6 Å². The fourth-order valence-corrected chi connectivity index (χ4v) is 4.06. The topological polar surface area (TPSA) is 46.4 Å². The number of hydrogen-bond donors (Lipinski definition) is 1. The molecule has 4 nitrogen and oxygen atoms in total. The van der Waals surface area contributed by atoms with Crippen molar-refractivity contribution in [2.24, 2.45) is 4.99 Å². The molecular formula is C22H19N3OS. The summed E-state index contributed by atoms with van der Waals surface area (Å²) in [6.07, 6.45) is 3.85.